The molecule has 0 aliphatic rings. The molecular formula is C15H23NO3. The van der Waals surface area contributed by atoms with Gasteiger partial charge in [0.1, 0.15) is 17.9 Å². The van der Waals surface area contributed by atoms with Gasteiger partial charge in [-0.2, -0.15) is 0 Å². The summed E-state index contributed by atoms with van der Waals surface area (Å²) in [7, 11) is 1.62. The summed E-state index contributed by atoms with van der Waals surface area (Å²) in [4.78, 5) is 11.2. The van der Waals surface area contributed by atoms with Crippen LogP contribution in [0.3, 0.4) is 0 Å². The van der Waals surface area contributed by atoms with E-state index in [2.05, 4.69) is 26.1 Å². The maximum atomic E-state index is 11.2. The fourth-order valence-corrected chi connectivity index (χ4v) is 1.68. The minimum absolute atomic E-state index is 0.0458. The summed E-state index contributed by atoms with van der Waals surface area (Å²) in [5, 5.41) is 12.0. The van der Waals surface area contributed by atoms with Crippen LogP contribution in [0.2, 0.25) is 0 Å². The molecule has 0 bridgehead atoms. The second-order valence-electron chi connectivity index (χ2n) is 5.92. The highest BCUT2D eigenvalue weighted by molar-refractivity contribution is 5.78. The fourth-order valence-electron chi connectivity index (χ4n) is 1.68. The molecule has 0 spiro atoms. The first kappa shape index (κ1) is 15.5. The van der Waals surface area contributed by atoms with Crippen molar-refractivity contribution < 1.29 is 14.6 Å². The Balaban J connectivity index is 2.93. The molecule has 0 amide bonds. The van der Waals surface area contributed by atoms with E-state index in [1.807, 2.05) is 24.3 Å². The molecule has 1 atom stereocenters. The van der Waals surface area contributed by atoms with Gasteiger partial charge in [0.25, 0.3) is 0 Å². The van der Waals surface area contributed by atoms with E-state index in [1.165, 1.54) is 0 Å². The molecule has 4 heteroatoms. The van der Waals surface area contributed by atoms with Crippen LogP contribution in [0.5, 0.6) is 5.75 Å². The van der Waals surface area contributed by atoms with Gasteiger partial charge in [0.15, 0.2) is 0 Å². The van der Waals surface area contributed by atoms with E-state index >= 15 is 0 Å². The Morgan fingerprint density at radius 1 is 1.26 bits per heavy atom. The van der Waals surface area contributed by atoms with Crippen LogP contribution < -0.4 is 10.1 Å². The molecular weight excluding hydrogens is 242 g/mol. The van der Waals surface area contributed by atoms with E-state index in [0.29, 0.717) is 0 Å². The van der Waals surface area contributed by atoms with Gasteiger partial charge in [-0.15, -0.1) is 0 Å². The zero-order valence-corrected chi connectivity index (χ0v) is 12.3. The Morgan fingerprint density at radius 3 is 2.32 bits per heavy atom. The molecule has 1 unspecified atom stereocenters. The number of nitrogens with one attached hydrogen (secondary N) is 1. The lowest BCUT2D eigenvalue weighted by molar-refractivity contribution is -0.145. The van der Waals surface area contributed by atoms with Crippen molar-refractivity contribution in [1.29, 1.82) is 0 Å². The van der Waals surface area contributed by atoms with Crippen LogP contribution in [0.4, 0.5) is 0 Å². The number of rotatable bonds is 5. The number of benzene rings is 1. The van der Waals surface area contributed by atoms with Crippen molar-refractivity contribution in [2.24, 2.45) is 0 Å². The van der Waals surface area contributed by atoms with Gasteiger partial charge in [-0.05, 0) is 31.0 Å². The predicted molar refractivity (Wildman–Crippen MR) is 75.7 cm³/mol. The molecule has 0 radical (unpaired) electrons. The first-order valence-corrected chi connectivity index (χ1v) is 6.35. The van der Waals surface area contributed by atoms with E-state index in [4.69, 9.17) is 4.74 Å². The average molecular weight is 265 g/mol. The quantitative estimate of drug-likeness (QED) is 0.858. The van der Waals surface area contributed by atoms with Crippen LogP contribution in [0.25, 0.3) is 0 Å². The molecule has 0 saturated carbocycles. The Bertz CT molecular complexity index is 451. The molecule has 0 heterocycles. The number of carboxylic acid groups (broad SMARTS) is 1. The van der Waals surface area contributed by atoms with E-state index in [0.717, 1.165) is 11.3 Å². The number of hydrogen-bond donors (Lipinski definition) is 2. The molecule has 0 fully saturated rings. The van der Waals surface area contributed by atoms with Crippen LogP contribution in [0.1, 0.15) is 33.3 Å². The van der Waals surface area contributed by atoms with Crippen molar-refractivity contribution in [3.63, 3.8) is 0 Å². The van der Waals surface area contributed by atoms with Gasteiger partial charge >= 0.3 is 5.97 Å². The van der Waals surface area contributed by atoms with Gasteiger partial charge < -0.3 is 15.2 Å². The third-order valence-electron chi connectivity index (χ3n) is 3.24. The fraction of sp³-hybridized carbons (Fsp3) is 0.533. The summed E-state index contributed by atoms with van der Waals surface area (Å²) in [5.74, 6) is -0.194. The number of carbonyl (C=O) groups is 1. The van der Waals surface area contributed by atoms with Crippen LogP contribution in [0, 0.1) is 0 Å². The highest BCUT2D eigenvalue weighted by atomic mass is 16.5. The summed E-state index contributed by atoms with van der Waals surface area (Å²) in [6.07, 6.45) is 0. The van der Waals surface area contributed by atoms with Gasteiger partial charge in [0.05, 0.1) is 0 Å². The van der Waals surface area contributed by atoms with Crippen molar-refractivity contribution in [2.45, 2.75) is 38.6 Å². The van der Waals surface area contributed by atoms with E-state index in [1.54, 1.807) is 14.0 Å². The SMILES string of the molecule is CNC(C)(COc1ccccc1C(C)(C)C)C(=O)O. The van der Waals surface area contributed by atoms with Crippen molar-refractivity contribution >= 4 is 5.97 Å². The minimum atomic E-state index is -1.09. The number of ether oxygens (including phenoxy) is 1. The van der Waals surface area contributed by atoms with Gasteiger partial charge in [-0.3, -0.25) is 4.79 Å². The normalized spacial score (nSPS) is 14.8. The minimum Gasteiger partial charge on any atom is -0.491 e. The van der Waals surface area contributed by atoms with Crippen molar-refractivity contribution in [1.82, 2.24) is 5.32 Å². The topological polar surface area (TPSA) is 58.6 Å². The van der Waals surface area contributed by atoms with E-state index in [-0.39, 0.29) is 12.0 Å². The third-order valence-corrected chi connectivity index (χ3v) is 3.24. The smallest absolute Gasteiger partial charge is 0.327 e. The lowest BCUT2D eigenvalue weighted by Crippen LogP contribution is -2.52. The van der Waals surface area contributed by atoms with Crippen LogP contribution in [0.15, 0.2) is 24.3 Å². The lowest BCUT2D eigenvalue weighted by atomic mass is 9.86. The summed E-state index contributed by atoms with van der Waals surface area (Å²) in [6, 6.07) is 7.73. The molecule has 1 aromatic rings. The Hall–Kier alpha value is -1.55. The standard InChI is InChI=1S/C15H23NO3/c1-14(2,3)11-8-6-7-9-12(11)19-10-15(4,16-5)13(17)18/h6-9,16H,10H2,1-5H3,(H,17,18). The molecule has 106 valence electrons. The lowest BCUT2D eigenvalue weighted by Gasteiger charge is -2.27. The van der Waals surface area contributed by atoms with Crippen LogP contribution in [-0.2, 0) is 10.2 Å². The highest BCUT2D eigenvalue weighted by Gasteiger charge is 2.32. The first-order valence-electron chi connectivity index (χ1n) is 6.35. The number of aliphatic carboxylic acids is 1. The van der Waals surface area contributed by atoms with Crippen molar-refractivity contribution in [3.8, 4) is 5.75 Å². The first-order chi connectivity index (χ1) is 8.70. The molecule has 0 aliphatic carbocycles. The molecule has 2 N–H and O–H groups in total. The Kier molecular flexibility index (Phi) is 4.58. The molecule has 19 heavy (non-hydrogen) atoms. The highest BCUT2D eigenvalue weighted by Crippen LogP contribution is 2.31. The third kappa shape index (κ3) is 3.70. The average Bonchev–Trinajstić information content (AvgIpc) is 2.35. The van der Waals surface area contributed by atoms with E-state index < -0.39 is 11.5 Å². The molecule has 0 saturated heterocycles. The van der Waals surface area contributed by atoms with Crippen molar-refractivity contribution in [2.75, 3.05) is 13.7 Å². The van der Waals surface area contributed by atoms with Gasteiger partial charge in [-0.1, -0.05) is 39.0 Å². The molecule has 0 aliphatic heterocycles. The molecule has 1 aromatic carbocycles. The van der Waals surface area contributed by atoms with E-state index in [9.17, 15) is 9.90 Å². The summed E-state index contributed by atoms with van der Waals surface area (Å²) >= 11 is 0. The maximum Gasteiger partial charge on any atom is 0.327 e. The summed E-state index contributed by atoms with van der Waals surface area (Å²) < 4.78 is 5.74. The molecule has 0 aromatic heterocycles. The van der Waals surface area contributed by atoms with Crippen molar-refractivity contribution in [3.05, 3.63) is 29.8 Å². The molecule has 1 rings (SSSR count). The number of carboxylic acids is 1. The zero-order valence-electron chi connectivity index (χ0n) is 12.3. The van der Waals surface area contributed by atoms with Crippen LogP contribution in [-0.4, -0.2) is 30.3 Å². The largest absolute Gasteiger partial charge is 0.491 e. The van der Waals surface area contributed by atoms with Gasteiger partial charge in [0, 0.05) is 0 Å². The number of para-hydroxylation sites is 1. The summed E-state index contributed by atoms with van der Waals surface area (Å²) in [6.45, 7) is 7.98. The maximum absolute atomic E-state index is 11.2. The van der Waals surface area contributed by atoms with Gasteiger partial charge in [-0.25, -0.2) is 0 Å². The summed E-state index contributed by atoms with van der Waals surface area (Å²) in [5.41, 5.74) is -0.0697. The second kappa shape index (κ2) is 5.61. The Labute approximate surface area is 114 Å². The Morgan fingerprint density at radius 2 is 1.84 bits per heavy atom. The predicted octanol–water partition coefficient (Wildman–Crippen LogP) is 2.43. The number of hydrogen-bond acceptors (Lipinski definition) is 3. The van der Waals surface area contributed by atoms with Gasteiger partial charge in [0.2, 0.25) is 0 Å². The monoisotopic (exact) mass is 265 g/mol. The number of likely N-dealkylation sites (N-methyl/N-ethyl adjacent to an activating group) is 1. The zero-order chi connectivity index (χ0) is 14.7. The van der Waals surface area contributed by atoms with Crippen LogP contribution >= 0.6 is 0 Å². The second-order valence-corrected chi connectivity index (χ2v) is 5.92. The molecule has 4 nitrogen and oxygen atoms in total.